The van der Waals surface area contributed by atoms with E-state index in [0.29, 0.717) is 17.8 Å². The molecule has 0 aromatic carbocycles. The molecular weight excluding hydrogens is 202 g/mol. The molecule has 1 atom stereocenters. The Bertz CT molecular complexity index is 390. The van der Waals surface area contributed by atoms with Crippen molar-refractivity contribution in [2.24, 2.45) is 0 Å². The molecule has 0 fully saturated rings. The van der Waals surface area contributed by atoms with Gasteiger partial charge in [0.2, 0.25) is 0 Å². The van der Waals surface area contributed by atoms with Crippen molar-refractivity contribution in [2.45, 2.75) is 32.4 Å². The van der Waals surface area contributed by atoms with Crippen LogP contribution in [0.1, 0.15) is 38.1 Å². The number of nitriles is 1. The van der Waals surface area contributed by atoms with E-state index >= 15 is 0 Å². The summed E-state index contributed by atoms with van der Waals surface area (Å²) in [7, 11) is 0. The van der Waals surface area contributed by atoms with Gasteiger partial charge in [0.05, 0.1) is 6.10 Å². The predicted octanol–water partition coefficient (Wildman–Crippen LogP) is 1.37. The second-order valence-corrected chi connectivity index (χ2v) is 4.73. The molecular formula is C12H17N3O. The van der Waals surface area contributed by atoms with Gasteiger partial charge in [-0.3, -0.25) is 0 Å². The lowest BCUT2D eigenvalue weighted by molar-refractivity contribution is 0.163. The van der Waals surface area contributed by atoms with E-state index in [0.717, 1.165) is 0 Å². The number of aromatic nitrogens is 1. The Morgan fingerprint density at radius 2 is 2.25 bits per heavy atom. The first-order valence-electron chi connectivity index (χ1n) is 5.21. The standard InChI is InChI=1S/C12H17N3O/c1-12(2,3)15-8-11(16)9-4-5-14-10(6-9)7-13/h4-6,11,15-16H,8H2,1-3H3. The molecule has 0 saturated carbocycles. The van der Waals surface area contributed by atoms with Crippen LogP contribution >= 0.6 is 0 Å². The average molecular weight is 219 g/mol. The summed E-state index contributed by atoms with van der Waals surface area (Å²) >= 11 is 0. The molecule has 1 aromatic heterocycles. The van der Waals surface area contributed by atoms with Crippen LogP contribution in [-0.2, 0) is 0 Å². The average Bonchev–Trinajstić information content (AvgIpc) is 2.25. The molecule has 0 radical (unpaired) electrons. The maximum absolute atomic E-state index is 9.90. The Hall–Kier alpha value is -1.44. The Kier molecular flexibility index (Phi) is 3.99. The summed E-state index contributed by atoms with van der Waals surface area (Å²) in [6.45, 7) is 6.56. The van der Waals surface area contributed by atoms with Gasteiger partial charge in [0.1, 0.15) is 11.8 Å². The molecule has 2 N–H and O–H groups in total. The number of rotatable bonds is 3. The third-order valence-electron chi connectivity index (χ3n) is 2.11. The van der Waals surface area contributed by atoms with E-state index in [4.69, 9.17) is 5.26 Å². The van der Waals surface area contributed by atoms with Gasteiger partial charge in [-0.05, 0) is 38.5 Å². The zero-order valence-electron chi connectivity index (χ0n) is 9.86. The van der Waals surface area contributed by atoms with Crippen molar-refractivity contribution in [3.8, 4) is 6.07 Å². The normalized spacial score (nSPS) is 13.2. The van der Waals surface area contributed by atoms with Gasteiger partial charge in [-0.1, -0.05) is 0 Å². The maximum Gasteiger partial charge on any atom is 0.140 e. The fourth-order valence-corrected chi connectivity index (χ4v) is 1.24. The number of hydrogen-bond donors (Lipinski definition) is 2. The quantitative estimate of drug-likeness (QED) is 0.805. The van der Waals surface area contributed by atoms with Crippen molar-refractivity contribution in [2.75, 3.05) is 6.54 Å². The minimum absolute atomic E-state index is 0.0356. The van der Waals surface area contributed by atoms with Crippen molar-refractivity contribution >= 4 is 0 Å². The lowest BCUT2D eigenvalue weighted by atomic mass is 10.1. The fraction of sp³-hybridized carbons (Fsp3) is 0.500. The van der Waals surface area contributed by atoms with Gasteiger partial charge in [0.25, 0.3) is 0 Å². The number of β-amino-alcohol motifs (C(OH)–C–C–N with tert-alkyl or cyclic N) is 1. The monoisotopic (exact) mass is 219 g/mol. The number of hydrogen-bond acceptors (Lipinski definition) is 4. The summed E-state index contributed by atoms with van der Waals surface area (Å²) in [5.74, 6) is 0. The van der Waals surface area contributed by atoms with Crippen LogP contribution < -0.4 is 5.32 Å². The van der Waals surface area contributed by atoms with Crippen LogP contribution in [0.5, 0.6) is 0 Å². The summed E-state index contributed by atoms with van der Waals surface area (Å²) in [4.78, 5) is 3.86. The molecule has 0 aliphatic heterocycles. The molecule has 0 spiro atoms. The molecule has 1 rings (SSSR count). The number of pyridine rings is 1. The zero-order valence-corrected chi connectivity index (χ0v) is 9.86. The summed E-state index contributed by atoms with van der Waals surface area (Å²) in [6, 6.07) is 5.28. The van der Waals surface area contributed by atoms with E-state index in [-0.39, 0.29) is 5.54 Å². The van der Waals surface area contributed by atoms with Gasteiger partial charge < -0.3 is 10.4 Å². The van der Waals surface area contributed by atoms with Crippen LogP contribution in [-0.4, -0.2) is 22.2 Å². The minimum atomic E-state index is -0.616. The highest BCUT2D eigenvalue weighted by molar-refractivity contribution is 5.26. The molecule has 1 aromatic rings. The summed E-state index contributed by atoms with van der Waals surface area (Å²) in [5, 5.41) is 21.8. The van der Waals surface area contributed by atoms with Gasteiger partial charge in [-0.2, -0.15) is 5.26 Å². The third kappa shape index (κ3) is 3.97. The topological polar surface area (TPSA) is 68.9 Å². The van der Waals surface area contributed by atoms with Crippen molar-refractivity contribution in [3.05, 3.63) is 29.6 Å². The first-order valence-corrected chi connectivity index (χ1v) is 5.21. The van der Waals surface area contributed by atoms with Crippen LogP contribution in [0, 0.1) is 11.3 Å². The molecule has 1 heterocycles. The zero-order chi connectivity index (χ0) is 12.2. The Balaban J connectivity index is 2.66. The van der Waals surface area contributed by atoms with E-state index in [1.807, 2.05) is 26.8 Å². The second-order valence-electron chi connectivity index (χ2n) is 4.73. The first kappa shape index (κ1) is 12.6. The predicted molar refractivity (Wildman–Crippen MR) is 61.7 cm³/mol. The molecule has 4 nitrogen and oxygen atoms in total. The molecule has 86 valence electrons. The number of nitrogens with zero attached hydrogens (tertiary/aromatic N) is 2. The lowest BCUT2D eigenvalue weighted by Crippen LogP contribution is -2.38. The highest BCUT2D eigenvalue weighted by Gasteiger charge is 2.13. The number of nitrogens with one attached hydrogen (secondary N) is 1. The van der Waals surface area contributed by atoms with Gasteiger partial charge >= 0.3 is 0 Å². The van der Waals surface area contributed by atoms with Gasteiger partial charge in [0.15, 0.2) is 0 Å². The summed E-state index contributed by atoms with van der Waals surface area (Å²) in [6.07, 6.45) is 0.920. The van der Waals surface area contributed by atoms with Gasteiger partial charge in [0, 0.05) is 18.3 Å². The lowest BCUT2D eigenvalue weighted by Gasteiger charge is -2.23. The molecule has 4 heteroatoms. The number of aliphatic hydroxyl groups is 1. The fourth-order valence-electron chi connectivity index (χ4n) is 1.24. The van der Waals surface area contributed by atoms with Crippen LogP contribution in [0.2, 0.25) is 0 Å². The van der Waals surface area contributed by atoms with Crippen LogP contribution in [0.15, 0.2) is 18.3 Å². The Morgan fingerprint density at radius 3 is 2.81 bits per heavy atom. The van der Waals surface area contributed by atoms with E-state index < -0.39 is 6.10 Å². The van der Waals surface area contributed by atoms with E-state index in [9.17, 15) is 5.11 Å². The van der Waals surface area contributed by atoms with Crippen LogP contribution in [0.4, 0.5) is 0 Å². The maximum atomic E-state index is 9.90. The van der Waals surface area contributed by atoms with Crippen molar-refractivity contribution < 1.29 is 5.11 Å². The first-order chi connectivity index (χ1) is 7.42. The van der Waals surface area contributed by atoms with Crippen molar-refractivity contribution in [3.63, 3.8) is 0 Å². The highest BCUT2D eigenvalue weighted by atomic mass is 16.3. The third-order valence-corrected chi connectivity index (χ3v) is 2.11. The van der Waals surface area contributed by atoms with E-state index in [2.05, 4.69) is 10.3 Å². The number of aliphatic hydroxyl groups excluding tert-OH is 1. The highest BCUT2D eigenvalue weighted by Crippen LogP contribution is 2.13. The molecule has 0 aliphatic rings. The van der Waals surface area contributed by atoms with Gasteiger partial charge in [-0.15, -0.1) is 0 Å². The molecule has 1 unspecified atom stereocenters. The van der Waals surface area contributed by atoms with Gasteiger partial charge in [-0.25, -0.2) is 4.98 Å². The van der Waals surface area contributed by atoms with Crippen LogP contribution in [0.3, 0.4) is 0 Å². The molecule has 16 heavy (non-hydrogen) atoms. The van der Waals surface area contributed by atoms with Crippen LogP contribution in [0.25, 0.3) is 0 Å². The van der Waals surface area contributed by atoms with E-state index in [1.54, 1.807) is 12.1 Å². The minimum Gasteiger partial charge on any atom is -0.387 e. The van der Waals surface area contributed by atoms with Crippen molar-refractivity contribution in [1.29, 1.82) is 5.26 Å². The Morgan fingerprint density at radius 1 is 1.56 bits per heavy atom. The molecule has 0 amide bonds. The second kappa shape index (κ2) is 5.06. The molecule has 0 bridgehead atoms. The molecule has 0 saturated heterocycles. The summed E-state index contributed by atoms with van der Waals surface area (Å²) < 4.78 is 0. The summed E-state index contributed by atoms with van der Waals surface area (Å²) in [5.41, 5.74) is 1.00. The molecule has 0 aliphatic carbocycles. The van der Waals surface area contributed by atoms with E-state index in [1.165, 1.54) is 6.20 Å². The SMILES string of the molecule is CC(C)(C)NCC(O)c1ccnc(C#N)c1. The largest absolute Gasteiger partial charge is 0.387 e. The van der Waals surface area contributed by atoms with Crippen molar-refractivity contribution in [1.82, 2.24) is 10.3 Å². The smallest absolute Gasteiger partial charge is 0.140 e. The Labute approximate surface area is 95.9 Å².